The van der Waals surface area contributed by atoms with Gasteiger partial charge in [0.15, 0.2) is 5.01 Å². The van der Waals surface area contributed by atoms with Crippen molar-refractivity contribution < 1.29 is 18.7 Å². The molecular weight excluding hydrogens is 326 g/mol. The fourth-order valence-corrected chi connectivity index (χ4v) is 2.39. The fraction of sp³-hybridized carbons (Fsp3) is 0.286. The highest BCUT2D eigenvalue weighted by molar-refractivity contribution is 9.09. The molecule has 2 unspecified atom stereocenters. The van der Waals surface area contributed by atoms with Gasteiger partial charge in [-0.1, -0.05) is 6.92 Å². The van der Waals surface area contributed by atoms with E-state index in [0.29, 0.717) is 17.6 Å². The van der Waals surface area contributed by atoms with Crippen molar-refractivity contribution in [2.75, 3.05) is 7.05 Å². The highest BCUT2D eigenvalue weighted by Crippen LogP contribution is 2.30. The Morgan fingerprint density at radius 1 is 1.50 bits per heavy atom. The smallest absolute Gasteiger partial charge is 0.294 e. The second kappa shape index (κ2) is 6.09. The van der Waals surface area contributed by atoms with Gasteiger partial charge in [0.05, 0.1) is 11.8 Å². The summed E-state index contributed by atoms with van der Waals surface area (Å²) in [5.41, 5.74) is 1.88. The third kappa shape index (κ3) is 2.70. The molecule has 1 amide bonds. The first-order valence-electron chi connectivity index (χ1n) is 6.05. The number of carbonyl (C=O) groups excluding carboxylic acids is 2. The highest BCUT2D eigenvalue weighted by Gasteiger charge is 2.21. The minimum atomic E-state index is -0.457. The topological polar surface area (TPSA) is 68.5 Å². The Morgan fingerprint density at radius 3 is 2.90 bits per heavy atom. The molecule has 1 aromatic carbocycles. The second-order valence-corrected chi connectivity index (χ2v) is 5.26. The van der Waals surface area contributed by atoms with E-state index in [1.54, 1.807) is 25.4 Å². The molecule has 1 aromatic heterocycles. The van der Waals surface area contributed by atoms with Crippen LogP contribution in [0.1, 0.15) is 28.8 Å². The van der Waals surface area contributed by atoms with Crippen LogP contribution >= 0.6 is 15.9 Å². The number of ether oxygens (including phenoxy) is 1. The number of furan rings is 1. The molecule has 2 aromatic rings. The number of alkyl halides is 1. The lowest BCUT2D eigenvalue weighted by atomic mass is 9.97. The van der Waals surface area contributed by atoms with Crippen molar-refractivity contribution in [2.45, 2.75) is 17.9 Å². The molecule has 0 radical (unpaired) electrons. The Hall–Kier alpha value is -1.82. The largest absolute Gasteiger partial charge is 0.464 e. The Morgan fingerprint density at radius 2 is 2.25 bits per heavy atom. The number of amides is 1. The van der Waals surface area contributed by atoms with E-state index in [2.05, 4.69) is 21.2 Å². The van der Waals surface area contributed by atoms with E-state index in [1.165, 1.54) is 0 Å². The highest BCUT2D eigenvalue weighted by atomic mass is 79.9. The van der Waals surface area contributed by atoms with Gasteiger partial charge in [0, 0.05) is 18.4 Å². The molecule has 1 heterocycles. The molecule has 20 heavy (non-hydrogen) atoms. The molecule has 1 N–H and O–H groups in total. The third-order valence-electron chi connectivity index (χ3n) is 3.15. The zero-order valence-electron chi connectivity index (χ0n) is 11.1. The Labute approximate surface area is 124 Å². The predicted molar refractivity (Wildman–Crippen MR) is 77.9 cm³/mol. The summed E-state index contributed by atoms with van der Waals surface area (Å²) in [5, 5.41) is 2.96. The van der Waals surface area contributed by atoms with E-state index in [-0.39, 0.29) is 11.8 Å². The van der Waals surface area contributed by atoms with Gasteiger partial charge in [0.2, 0.25) is 0 Å². The minimum Gasteiger partial charge on any atom is -0.464 e. The molecule has 0 spiro atoms. The van der Waals surface area contributed by atoms with Gasteiger partial charge in [-0.25, -0.2) is 0 Å². The molecule has 0 aliphatic heterocycles. The van der Waals surface area contributed by atoms with Crippen LogP contribution in [0, 0.1) is 0 Å². The molecule has 2 rings (SSSR count). The van der Waals surface area contributed by atoms with Crippen LogP contribution in [0.2, 0.25) is 0 Å². The zero-order valence-corrected chi connectivity index (χ0v) is 12.6. The number of hydrogen-bond donors (Lipinski definition) is 1. The lowest BCUT2D eigenvalue weighted by molar-refractivity contribution is -0.130. The molecule has 0 fully saturated rings. The number of halogens is 1. The molecule has 0 saturated heterocycles. The lowest BCUT2D eigenvalue weighted by Crippen LogP contribution is -2.19. The van der Waals surface area contributed by atoms with Crippen molar-refractivity contribution in [2.24, 2.45) is 0 Å². The van der Waals surface area contributed by atoms with Crippen molar-refractivity contribution >= 4 is 39.3 Å². The quantitative estimate of drug-likeness (QED) is 0.671. The van der Waals surface area contributed by atoms with Crippen LogP contribution in [0.4, 0.5) is 0 Å². The SMILES string of the molecule is CNC(=O)c1cc(C(C)C(Br)OC=O)cc2ccoc12. The predicted octanol–water partition coefficient (Wildman–Crippen LogP) is 2.79. The average molecular weight is 340 g/mol. The first-order chi connectivity index (χ1) is 9.58. The van der Waals surface area contributed by atoms with Gasteiger partial charge in [0.1, 0.15) is 5.58 Å². The van der Waals surface area contributed by atoms with Crippen LogP contribution in [0.25, 0.3) is 11.0 Å². The minimum absolute atomic E-state index is 0.108. The van der Waals surface area contributed by atoms with Crippen LogP contribution in [0.15, 0.2) is 28.9 Å². The van der Waals surface area contributed by atoms with Gasteiger partial charge in [-0.3, -0.25) is 9.59 Å². The van der Waals surface area contributed by atoms with Crippen molar-refractivity contribution in [3.8, 4) is 0 Å². The second-order valence-electron chi connectivity index (χ2n) is 4.36. The Kier molecular flexibility index (Phi) is 4.44. The van der Waals surface area contributed by atoms with E-state index in [1.807, 2.05) is 13.0 Å². The lowest BCUT2D eigenvalue weighted by Gasteiger charge is -2.18. The maximum Gasteiger partial charge on any atom is 0.294 e. The number of rotatable bonds is 5. The molecule has 0 aliphatic rings. The summed E-state index contributed by atoms with van der Waals surface area (Å²) in [7, 11) is 1.57. The van der Waals surface area contributed by atoms with Crippen LogP contribution in [0.5, 0.6) is 0 Å². The fourth-order valence-electron chi connectivity index (χ4n) is 1.99. The number of carbonyl (C=O) groups is 2. The van der Waals surface area contributed by atoms with Crippen molar-refractivity contribution in [3.63, 3.8) is 0 Å². The molecule has 2 atom stereocenters. The van der Waals surface area contributed by atoms with Crippen molar-refractivity contribution in [1.82, 2.24) is 5.32 Å². The summed E-state index contributed by atoms with van der Waals surface area (Å²) < 4.78 is 10.2. The molecule has 0 saturated carbocycles. The summed E-state index contributed by atoms with van der Waals surface area (Å²) in [6, 6.07) is 5.46. The van der Waals surface area contributed by atoms with Crippen LogP contribution in [-0.4, -0.2) is 24.4 Å². The van der Waals surface area contributed by atoms with Crippen molar-refractivity contribution in [3.05, 3.63) is 35.6 Å². The van der Waals surface area contributed by atoms with Crippen LogP contribution in [0.3, 0.4) is 0 Å². The van der Waals surface area contributed by atoms with E-state index in [4.69, 9.17) is 9.15 Å². The molecule has 5 nitrogen and oxygen atoms in total. The molecular formula is C14H14BrNO4. The molecule has 6 heteroatoms. The van der Waals surface area contributed by atoms with E-state index < -0.39 is 5.01 Å². The third-order valence-corrected chi connectivity index (χ3v) is 4.16. The Bertz CT molecular complexity index is 637. The normalized spacial score (nSPS) is 13.8. The summed E-state index contributed by atoms with van der Waals surface area (Å²) in [6.07, 6.45) is 1.54. The van der Waals surface area contributed by atoms with Crippen LogP contribution in [-0.2, 0) is 9.53 Å². The maximum absolute atomic E-state index is 11.9. The number of nitrogens with one attached hydrogen (secondary N) is 1. The van der Waals surface area contributed by atoms with Gasteiger partial charge in [-0.2, -0.15) is 0 Å². The van der Waals surface area contributed by atoms with Gasteiger partial charge in [-0.05, 0) is 39.7 Å². The van der Waals surface area contributed by atoms with E-state index in [9.17, 15) is 9.59 Å². The summed E-state index contributed by atoms with van der Waals surface area (Å²) in [5.74, 6) is -0.329. The standard InChI is InChI=1S/C14H14BrNO4/c1-8(13(15)20-7-17)10-5-9-3-4-19-12(9)11(6-10)14(18)16-2/h3-8,13H,1-2H3,(H,16,18). The van der Waals surface area contributed by atoms with Gasteiger partial charge >= 0.3 is 0 Å². The van der Waals surface area contributed by atoms with Crippen molar-refractivity contribution in [1.29, 1.82) is 0 Å². The zero-order chi connectivity index (χ0) is 14.7. The molecule has 0 bridgehead atoms. The molecule has 0 aliphatic carbocycles. The van der Waals surface area contributed by atoms with Gasteiger partial charge in [-0.15, -0.1) is 0 Å². The summed E-state index contributed by atoms with van der Waals surface area (Å²) in [4.78, 5) is 22.3. The van der Waals surface area contributed by atoms with Gasteiger partial charge < -0.3 is 14.5 Å². The number of hydrogen-bond acceptors (Lipinski definition) is 4. The summed E-state index contributed by atoms with van der Waals surface area (Å²) in [6.45, 7) is 2.30. The van der Waals surface area contributed by atoms with Crippen LogP contribution < -0.4 is 5.32 Å². The first kappa shape index (κ1) is 14.6. The number of fused-ring (bicyclic) bond motifs is 1. The van der Waals surface area contributed by atoms with E-state index >= 15 is 0 Å². The van der Waals surface area contributed by atoms with E-state index in [0.717, 1.165) is 10.9 Å². The molecule has 106 valence electrons. The van der Waals surface area contributed by atoms with Gasteiger partial charge in [0.25, 0.3) is 12.4 Å². The first-order valence-corrected chi connectivity index (χ1v) is 6.96. The average Bonchev–Trinajstić information content (AvgIpc) is 2.93. The number of benzene rings is 1. The Balaban J connectivity index is 2.49. The monoisotopic (exact) mass is 339 g/mol. The maximum atomic E-state index is 11.9. The summed E-state index contributed by atoms with van der Waals surface area (Å²) >= 11 is 3.30.